The molecule has 0 saturated heterocycles. The maximum atomic E-state index is 11.4. The summed E-state index contributed by atoms with van der Waals surface area (Å²) < 4.78 is 5.53. The largest absolute Gasteiger partial charge is 0.486 e. The Hall–Kier alpha value is -1.82. The van der Waals surface area contributed by atoms with E-state index in [0.717, 1.165) is 0 Å². The van der Waals surface area contributed by atoms with Crippen LogP contribution in [0.4, 0.5) is 0 Å². The van der Waals surface area contributed by atoms with Gasteiger partial charge >= 0.3 is 0 Å². The molecule has 0 spiro atoms. The van der Waals surface area contributed by atoms with Crippen molar-refractivity contribution in [1.82, 2.24) is 10.4 Å². The van der Waals surface area contributed by atoms with Gasteiger partial charge in [0, 0.05) is 0 Å². The highest BCUT2D eigenvalue weighted by atomic mass is 35.5. The Morgan fingerprint density at radius 3 is 2.75 bits per heavy atom. The van der Waals surface area contributed by atoms with E-state index in [9.17, 15) is 4.79 Å². The Morgan fingerprint density at radius 2 is 2.00 bits per heavy atom. The second kappa shape index (κ2) is 6.56. The van der Waals surface area contributed by atoms with E-state index in [4.69, 9.17) is 33.8 Å². The van der Waals surface area contributed by atoms with Crippen LogP contribution in [0.25, 0.3) is 0 Å². The van der Waals surface area contributed by atoms with Crippen LogP contribution in [0.5, 0.6) is 5.75 Å². The number of amides is 1. The van der Waals surface area contributed by atoms with Gasteiger partial charge in [-0.15, -0.1) is 0 Å². The fourth-order valence-electron chi connectivity index (χ4n) is 1.51. The third-order valence-corrected chi connectivity index (χ3v) is 3.26. The highest BCUT2D eigenvalue weighted by Crippen LogP contribution is 2.31. The van der Waals surface area contributed by atoms with Crippen LogP contribution in [0.2, 0.25) is 10.0 Å². The van der Waals surface area contributed by atoms with Gasteiger partial charge in [0.1, 0.15) is 23.1 Å². The van der Waals surface area contributed by atoms with Crippen molar-refractivity contribution in [2.24, 2.45) is 5.84 Å². The Kier molecular flexibility index (Phi) is 4.79. The van der Waals surface area contributed by atoms with Gasteiger partial charge in [0.15, 0.2) is 0 Å². The zero-order chi connectivity index (χ0) is 14.5. The molecule has 0 aliphatic heterocycles. The Bertz CT molecular complexity index is 635. The molecule has 1 aromatic heterocycles. The van der Waals surface area contributed by atoms with Crippen LogP contribution in [-0.4, -0.2) is 10.9 Å². The van der Waals surface area contributed by atoms with E-state index in [1.54, 1.807) is 36.4 Å². The zero-order valence-electron chi connectivity index (χ0n) is 10.3. The van der Waals surface area contributed by atoms with Crippen LogP contribution in [0.15, 0.2) is 36.4 Å². The number of carbonyl (C=O) groups excluding carboxylic acids is 1. The molecule has 0 fully saturated rings. The van der Waals surface area contributed by atoms with Crippen molar-refractivity contribution in [2.45, 2.75) is 6.61 Å². The van der Waals surface area contributed by atoms with Gasteiger partial charge < -0.3 is 4.74 Å². The number of carbonyl (C=O) groups is 1. The predicted octanol–water partition coefficient (Wildman–Crippen LogP) is 2.57. The average molecular weight is 312 g/mol. The fourth-order valence-corrected chi connectivity index (χ4v) is 1.85. The number of nitrogens with one attached hydrogen (secondary N) is 1. The average Bonchev–Trinajstić information content (AvgIpc) is 2.48. The van der Waals surface area contributed by atoms with Crippen molar-refractivity contribution in [3.8, 4) is 5.75 Å². The molecule has 1 amide bonds. The lowest BCUT2D eigenvalue weighted by Crippen LogP contribution is -2.30. The molecule has 0 bridgehead atoms. The van der Waals surface area contributed by atoms with Gasteiger partial charge in [-0.1, -0.05) is 35.3 Å². The summed E-state index contributed by atoms with van der Waals surface area (Å²) in [5.74, 6) is 5.04. The maximum absolute atomic E-state index is 11.4. The van der Waals surface area contributed by atoms with Crippen molar-refractivity contribution >= 4 is 29.1 Å². The number of benzene rings is 1. The number of aromatic nitrogens is 1. The molecular weight excluding hydrogens is 301 g/mol. The minimum absolute atomic E-state index is 0.158. The zero-order valence-corrected chi connectivity index (χ0v) is 11.8. The van der Waals surface area contributed by atoms with E-state index in [0.29, 0.717) is 21.5 Å². The molecule has 1 heterocycles. The number of hydrogen-bond acceptors (Lipinski definition) is 4. The van der Waals surface area contributed by atoms with E-state index in [2.05, 4.69) is 4.98 Å². The number of nitrogens with zero attached hydrogens (tertiary/aromatic N) is 1. The number of ether oxygens (including phenoxy) is 1. The van der Waals surface area contributed by atoms with E-state index < -0.39 is 5.91 Å². The Labute approximate surface area is 125 Å². The summed E-state index contributed by atoms with van der Waals surface area (Å²) in [6, 6.07) is 10.1. The normalized spacial score (nSPS) is 10.2. The van der Waals surface area contributed by atoms with Crippen LogP contribution in [-0.2, 0) is 6.61 Å². The highest BCUT2D eigenvalue weighted by Gasteiger charge is 2.08. The molecule has 2 rings (SSSR count). The molecule has 3 N–H and O–H groups in total. The molecule has 5 nitrogen and oxygen atoms in total. The van der Waals surface area contributed by atoms with Crippen LogP contribution in [0.1, 0.15) is 16.2 Å². The highest BCUT2D eigenvalue weighted by molar-refractivity contribution is 6.42. The standard InChI is InChI=1S/C13H11Cl2N3O2/c14-9-4-2-6-11(12(9)15)20-7-8-3-1-5-10(17-8)13(19)18-16/h1-6H,7,16H2,(H,18,19). The molecule has 2 aromatic rings. The van der Waals surface area contributed by atoms with Gasteiger partial charge in [-0.05, 0) is 24.3 Å². The van der Waals surface area contributed by atoms with Gasteiger partial charge in [0.25, 0.3) is 5.91 Å². The first-order valence-corrected chi connectivity index (χ1v) is 6.41. The van der Waals surface area contributed by atoms with Gasteiger partial charge in [-0.3, -0.25) is 10.2 Å². The summed E-state index contributed by atoms with van der Waals surface area (Å²) in [7, 11) is 0. The van der Waals surface area contributed by atoms with Gasteiger partial charge in [0.05, 0.1) is 10.7 Å². The SMILES string of the molecule is NNC(=O)c1cccc(COc2cccc(Cl)c2Cl)n1. The smallest absolute Gasteiger partial charge is 0.283 e. The molecule has 0 unspecified atom stereocenters. The lowest BCUT2D eigenvalue weighted by Gasteiger charge is -2.09. The first kappa shape index (κ1) is 14.6. The van der Waals surface area contributed by atoms with Crippen LogP contribution in [0.3, 0.4) is 0 Å². The molecule has 0 aliphatic carbocycles. The van der Waals surface area contributed by atoms with Gasteiger partial charge in [-0.25, -0.2) is 10.8 Å². The molecular formula is C13H11Cl2N3O2. The number of halogens is 2. The summed E-state index contributed by atoms with van der Waals surface area (Å²) in [5, 5.41) is 0.749. The molecule has 1 aromatic carbocycles. The van der Waals surface area contributed by atoms with Crippen LogP contribution < -0.4 is 16.0 Å². The number of hydrazine groups is 1. The fraction of sp³-hybridized carbons (Fsp3) is 0.0769. The van der Waals surface area contributed by atoms with E-state index in [-0.39, 0.29) is 12.3 Å². The third kappa shape index (κ3) is 3.39. The minimum atomic E-state index is -0.465. The summed E-state index contributed by atoms with van der Waals surface area (Å²) in [6.45, 7) is 0.158. The van der Waals surface area contributed by atoms with Gasteiger partial charge in [0.2, 0.25) is 0 Å². The summed E-state index contributed by atoms with van der Waals surface area (Å²) in [6.07, 6.45) is 0. The molecule has 20 heavy (non-hydrogen) atoms. The van der Waals surface area contributed by atoms with E-state index in [1.165, 1.54) is 0 Å². The Morgan fingerprint density at radius 1 is 1.25 bits per heavy atom. The summed E-state index contributed by atoms with van der Waals surface area (Å²) in [5.41, 5.74) is 2.80. The van der Waals surface area contributed by atoms with Crippen LogP contribution >= 0.6 is 23.2 Å². The van der Waals surface area contributed by atoms with Gasteiger partial charge in [-0.2, -0.15) is 0 Å². The summed E-state index contributed by atoms with van der Waals surface area (Å²) >= 11 is 11.9. The topological polar surface area (TPSA) is 77.2 Å². The lowest BCUT2D eigenvalue weighted by atomic mass is 10.3. The number of nitrogen functional groups attached to an aromatic ring is 1. The van der Waals surface area contributed by atoms with Crippen molar-refractivity contribution in [1.29, 1.82) is 0 Å². The van der Waals surface area contributed by atoms with Crippen molar-refractivity contribution in [2.75, 3.05) is 0 Å². The Balaban J connectivity index is 2.11. The second-order valence-electron chi connectivity index (χ2n) is 3.83. The van der Waals surface area contributed by atoms with E-state index in [1.807, 2.05) is 5.43 Å². The number of nitrogens with two attached hydrogens (primary N) is 1. The van der Waals surface area contributed by atoms with Crippen molar-refractivity contribution in [3.63, 3.8) is 0 Å². The molecule has 0 saturated carbocycles. The quantitative estimate of drug-likeness (QED) is 0.517. The number of pyridine rings is 1. The monoisotopic (exact) mass is 311 g/mol. The second-order valence-corrected chi connectivity index (χ2v) is 4.61. The lowest BCUT2D eigenvalue weighted by molar-refractivity contribution is 0.0948. The van der Waals surface area contributed by atoms with E-state index >= 15 is 0 Å². The van der Waals surface area contributed by atoms with Crippen molar-refractivity contribution < 1.29 is 9.53 Å². The maximum Gasteiger partial charge on any atom is 0.283 e. The predicted molar refractivity (Wildman–Crippen MR) is 76.7 cm³/mol. The minimum Gasteiger partial charge on any atom is -0.486 e. The first-order valence-electron chi connectivity index (χ1n) is 5.65. The van der Waals surface area contributed by atoms with Crippen LogP contribution in [0, 0.1) is 0 Å². The first-order chi connectivity index (χ1) is 9.61. The molecule has 7 heteroatoms. The molecule has 0 atom stereocenters. The molecule has 0 aliphatic rings. The number of rotatable bonds is 4. The third-order valence-electron chi connectivity index (χ3n) is 2.46. The number of hydrogen-bond donors (Lipinski definition) is 2. The summed E-state index contributed by atoms with van der Waals surface area (Å²) in [4.78, 5) is 15.5. The molecule has 0 radical (unpaired) electrons. The van der Waals surface area contributed by atoms with Crippen molar-refractivity contribution in [3.05, 3.63) is 57.8 Å². The molecule has 104 valence electrons.